The van der Waals surface area contributed by atoms with Crippen LogP contribution in [0.15, 0.2) is 30.3 Å². The molecule has 146 valence electrons. The molecule has 0 fully saturated rings. The lowest BCUT2D eigenvalue weighted by atomic mass is 10.1. The first-order valence-corrected chi connectivity index (χ1v) is 8.70. The van der Waals surface area contributed by atoms with Gasteiger partial charge in [0.05, 0.1) is 21.3 Å². The van der Waals surface area contributed by atoms with E-state index < -0.39 is 6.10 Å². The molecule has 2 aromatic carbocycles. The summed E-state index contributed by atoms with van der Waals surface area (Å²) in [6.45, 7) is 5.98. The molecule has 0 aliphatic carbocycles. The molecule has 0 aliphatic heterocycles. The maximum atomic E-state index is 12.4. The quantitative estimate of drug-likeness (QED) is 0.768. The minimum Gasteiger partial charge on any atom is -0.493 e. The Morgan fingerprint density at radius 1 is 0.963 bits per heavy atom. The number of carbonyl (C=O) groups is 1. The van der Waals surface area contributed by atoms with Crippen LogP contribution >= 0.6 is 0 Å². The number of ether oxygens (including phenoxy) is 4. The molecule has 0 saturated carbocycles. The van der Waals surface area contributed by atoms with Crippen molar-refractivity contribution in [2.75, 3.05) is 21.3 Å². The van der Waals surface area contributed by atoms with E-state index in [9.17, 15) is 4.79 Å². The van der Waals surface area contributed by atoms with Gasteiger partial charge in [-0.15, -0.1) is 0 Å². The molecule has 0 unspecified atom stereocenters. The summed E-state index contributed by atoms with van der Waals surface area (Å²) < 4.78 is 21.9. The lowest BCUT2D eigenvalue weighted by Gasteiger charge is -2.18. The molecule has 1 atom stereocenters. The zero-order valence-electron chi connectivity index (χ0n) is 16.7. The lowest BCUT2D eigenvalue weighted by Crippen LogP contribution is -2.36. The Labute approximate surface area is 160 Å². The minimum atomic E-state index is -0.627. The summed E-state index contributed by atoms with van der Waals surface area (Å²) in [6.07, 6.45) is -0.627. The first-order valence-electron chi connectivity index (χ1n) is 8.70. The second kappa shape index (κ2) is 9.16. The average Bonchev–Trinajstić information content (AvgIpc) is 2.66. The van der Waals surface area contributed by atoms with Gasteiger partial charge in [-0.2, -0.15) is 0 Å². The van der Waals surface area contributed by atoms with Gasteiger partial charge in [-0.3, -0.25) is 4.79 Å². The van der Waals surface area contributed by atoms with Gasteiger partial charge in [-0.1, -0.05) is 17.7 Å². The number of rotatable bonds is 8. The Hall–Kier alpha value is -2.89. The van der Waals surface area contributed by atoms with Gasteiger partial charge >= 0.3 is 0 Å². The van der Waals surface area contributed by atoms with Gasteiger partial charge in [0.2, 0.25) is 5.75 Å². The van der Waals surface area contributed by atoms with Crippen LogP contribution in [0.1, 0.15) is 23.6 Å². The van der Waals surface area contributed by atoms with Crippen LogP contribution in [0.4, 0.5) is 0 Å². The normalized spacial score (nSPS) is 11.5. The predicted molar refractivity (Wildman–Crippen MR) is 104 cm³/mol. The third kappa shape index (κ3) is 4.84. The Bertz CT molecular complexity index is 803. The number of nitrogens with one attached hydrogen (secondary N) is 1. The van der Waals surface area contributed by atoms with Crippen LogP contribution in [-0.4, -0.2) is 33.3 Å². The monoisotopic (exact) mass is 373 g/mol. The van der Waals surface area contributed by atoms with Crippen molar-refractivity contribution in [1.82, 2.24) is 5.32 Å². The van der Waals surface area contributed by atoms with Gasteiger partial charge in [0, 0.05) is 12.1 Å². The maximum absolute atomic E-state index is 12.4. The molecular weight excluding hydrogens is 346 g/mol. The molecule has 6 nitrogen and oxygen atoms in total. The summed E-state index contributed by atoms with van der Waals surface area (Å²) in [5.41, 5.74) is 2.93. The molecule has 1 amide bonds. The molecule has 6 heteroatoms. The largest absolute Gasteiger partial charge is 0.493 e. The highest BCUT2D eigenvalue weighted by atomic mass is 16.5. The molecule has 0 aromatic heterocycles. The highest BCUT2D eigenvalue weighted by Gasteiger charge is 2.19. The fourth-order valence-corrected chi connectivity index (χ4v) is 2.80. The molecular formula is C21H27NO5. The van der Waals surface area contributed by atoms with E-state index in [1.807, 2.05) is 38.1 Å². The third-order valence-electron chi connectivity index (χ3n) is 4.24. The van der Waals surface area contributed by atoms with Crippen LogP contribution < -0.4 is 24.3 Å². The fourth-order valence-electron chi connectivity index (χ4n) is 2.80. The molecule has 1 N–H and O–H groups in total. The van der Waals surface area contributed by atoms with Crippen LogP contribution in [0.3, 0.4) is 0 Å². The zero-order chi connectivity index (χ0) is 20.0. The number of aryl methyl sites for hydroxylation is 2. The molecule has 2 rings (SSSR count). The SMILES string of the molecule is COc1ccc(CNC(=O)[C@H](C)Oc2ccc(C)cc2C)c(OC)c1OC. The van der Waals surface area contributed by atoms with E-state index in [4.69, 9.17) is 18.9 Å². The van der Waals surface area contributed by atoms with Crippen LogP contribution in [0, 0.1) is 13.8 Å². The van der Waals surface area contributed by atoms with Crippen molar-refractivity contribution < 1.29 is 23.7 Å². The molecule has 0 saturated heterocycles. The number of hydrogen-bond donors (Lipinski definition) is 1. The van der Waals surface area contributed by atoms with E-state index in [0.29, 0.717) is 23.0 Å². The second-order valence-electron chi connectivity index (χ2n) is 6.24. The van der Waals surface area contributed by atoms with Gasteiger partial charge < -0.3 is 24.3 Å². The van der Waals surface area contributed by atoms with Gasteiger partial charge in [0.15, 0.2) is 17.6 Å². The highest BCUT2D eigenvalue weighted by Crippen LogP contribution is 2.39. The first-order chi connectivity index (χ1) is 12.9. The Morgan fingerprint density at radius 2 is 1.63 bits per heavy atom. The summed E-state index contributed by atoms with van der Waals surface area (Å²) in [7, 11) is 4.65. The Morgan fingerprint density at radius 3 is 2.22 bits per heavy atom. The van der Waals surface area contributed by atoms with Gasteiger partial charge in [0.1, 0.15) is 5.75 Å². The Balaban J connectivity index is 2.06. The van der Waals surface area contributed by atoms with Gasteiger partial charge in [-0.05, 0) is 44.5 Å². The van der Waals surface area contributed by atoms with E-state index in [2.05, 4.69) is 5.32 Å². The van der Waals surface area contributed by atoms with Crippen molar-refractivity contribution in [3.05, 3.63) is 47.0 Å². The number of benzene rings is 2. The molecule has 27 heavy (non-hydrogen) atoms. The van der Waals surface area contributed by atoms with Crippen LogP contribution in [0.25, 0.3) is 0 Å². The van der Waals surface area contributed by atoms with Crippen LogP contribution in [0.5, 0.6) is 23.0 Å². The van der Waals surface area contributed by atoms with E-state index in [-0.39, 0.29) is 12.5 Å². The van der Waals surface area contributed by atoms with E-state index in [1.54, 1.807) is 34.3 Å². The molecule has 0 aliphatic rings. The maximum Gasteiger partial charge on any atom is 0.261 e. The summed E-state index contributed by atoms with van der Waals surface area (Å²) in [5, 5.41) is 2.87. The summed E-state index contributed by atoms with van der Waals surface area (Å²) in [4.78, 5) is 12.4. The van der Waals surface area contributed by atoms with Crippen molar-refractivity contribution in [3.63, 3.8) is 0 Å². The van der Waals surface area contributed by atoms with Gasteiger partial charge in [-0.25, -0.2) is 0 Å². The number of methoxy groups -OCH3 is 3. The molecule has 0 heterocycles. The fraction of sp³-hybridized carbons (Fsp3) is 0.381. The number of amides is 1. The van der Waals surface area contributed by atoms with Crippen LogP contribution in [0.2, 0.25) is 0 Å². The molecule has 0 spiro atoms. The minimum absolute atomic E-state index is 0.216. The van der Waals surface area contributed by atoms with E-state index >= 15 is 0 Å². The van der Waals surface area contributed by atoms with Crippen molar-refractivity contribution in [1.29, 1.82) is 0 Å². The molecule has 2 aromatic rings. The van der Waals surface area contributed by atoms with Crippen molar-refractivity contribution >= 4 is 5.91 Å². The topological polar surface area (TPSA) is 66.0 Å². The van der Waals surface area contributed by atoms with Crippen molar-refractivity contribution in [3.8, 4) is 23.0 Å². The molecule has 0 radical (unpaired) electrons. The second-order valence-corrected chi connectivity index (χ2v) is 6.24. The summed E-state index contributed by atoms with van der Waals surface area (Å²) in [5.74, 6) is 2.07. The number of hydrogen-bond acceptors (Lipinski definition) is 5. The molecule has 0 bridgehead atoms. The smallest absolute Gasteiger partial charge is 0.261 e. The standard InChI is InChI=1S/C21H27NO5/c1-13-7-9-17(14(2)11-13)27-15(3)21(23)22-12-16-8-10-18(24-4)20(26-6)19(16)25-5/h7-11,15H,12H2,1-6H3,(H,22,23)/t15-/m0/s1. The van der Waals surface area contributed by atoms with Gasteiger partial charge in [0.25, 0.3) is 5.91 Å². The lowest BCUT2D eigenvalue weighted by molar-refractivity contribution is -0.127. The summed E-state index contributed by atoms with van der Waals surface area (Å²) >= 11 is 0. The van der Waals surface area contributed by atoms with Crippen molar-refractivity contribution in [2.45, 2.75) is 33.4 Å². The van der Waals surface area contributed by atoms with Crippen molar-refractivity contribution in [2.24, 2.45) is 0 Å². The first kappa shape index (κ1) is 20.4. The van der Waals surface area contributed by atoms with E-state index in [1.165, 1.54) is 0 Å². The van der Waals surface area contributed by atoms with E-state index in [0.717, 1.165) is 16.7 Å². The highest BCUT2D eigenvalue weighted by molar-refractivity contribution is 5.80. The summed E-state index contributed by atoms with van der Waals surface area (Å²) in [6, 6.07) is 9.47. The number of carbonyl (C=O) groups excluding carboxylic acids is 1. The zero-order valence-corrected chi connectivity index (χ0v) is 16.7. The average molecular weight is 373 g/mol. The predicted octanol–water partition coefficient (Wildman–Crippen LogP) is 3.41. The Kier molecular flexibility index (Phi) is 6.93. The van der Waals surface area contributed by atoms with Crippen LogP contribution in [-0.2, 0) is 11.3 Å². The third-order valence-corrected chi connectivity index (χ3v) is 4.24.